The molecule has 25 heavy (non-hydrogen) atoms. The van der Waals surface area contributed by atoms with Crippen molar-refractivity contribution in [3.8, 4) is 0 Å². The lowest BCUT2D eigenvalue weighted by molar-refractivity contribution is -0.136. The number of ether oxygens (including phenoxy) is 1. The number of nitrogens with zero attached hydrogens (tertiary/aromatic N) is 3. The van der Waals surface area contributed by atoms with Crippen molar-refractivity contribution < 1.29 is 18.7 Å². The summed E-state index contributed by atoms with van der Waals surface area (Å²) >= 11 is 0. The fourth-order valence-corrected chi connectivity index (χ4v) is 3.83. The van der Waals surface area contributed by atoms with Gasteiger partial charge in [0.1, 0.15) is 0 Å². The maximum absolute atomic E-state index is 14.0. The van der Waals surface area contributed by atoms with Crippen LogP contribution >= 0.6 is 0 Å². The summed E-state index contributed by atoms with van der Waals surface area (Å²) in [7, 11) is 0. The maximum atomic E-state index is 14.0. The molecule has 1 atom stereocenters. The lowest BCUT2D eigenvalue weighted by Crippen LogP contribution is -2.57. The number of pyridine rings is 1. The molecular weight excluding hydrogens is 325 g/mol. The summed E-state index contributed by atoms with van der Waals surface area (Å²) < 4.78 is 19.6. The molecule has 6 nitrogen and oxygen atoms in total. The maximum Gasteiger partial charge on any atom is 0.257 e. The molecule has 3 heterocycles. The highest BCUT2D eigenvalue weighted by atomic mass is 19.1. The van der Waals surface area contributed by atoms with Crippen LogP contribution in [0.2, 0.25) is 0 Å². The number of amides is 2. The fraction of sp³-hybridized carbons (Fsp3) is 0.611. The Morgan fingerprint density at radius 2 is 2.28 bits per heavy atom. The first kappa shape index (κ1) is 16.4. The summed E-state index contributed by atoms with van der Waals surface area (Å²) in [6.45, 7) is 2.47. The normalized spacial score (nSPS) is 27.0. The van der Waals surface area contributed by atoms with E-state index in [1.54, 1.807) is 4.90 Å². The number of carbonyl (C=O) groups excluding carboxylic acids is 2. The first-order valence-corrected chi connectivity index (χ1v) is 8.86. The van der Waals surface area contributed by atoms with Gasteiger partial charge in [0.2, 0.25) is 5.91 Å². The zero-order chi connectivity index (χ0) is 17.4. The van der Waals surface area contributed by atoms with E-state index in [4.69, 9.17) is 4.74 Å². The molecule has 0 aromatic carbocycles. The minimum atomic E-state index is -0.630. The van der Waals surface area contributed by atoms with Crippen LogP contribution in [0, 0.1) is 11.7 Å². The zero-order valence-electron chi connectivity index (χ0n) is 14.1. The third kappa shape index (κ3) is 3.13. The third-order valence-electron chi connectivity index (χ3n) is 5.46. The Kier molecular flexibility index (Phi) is 4.19. The number of carbonyl (C=O) groups is 2. The van der Waals surface area contributed by atoms with Crippen LogP contribution < -0.4 is 0 Å². The standard InChI is InChI=1S/C18H22FN3O3/c19-15-9-20-6-3-14(15)17(24)21-7-4-16(23)22(10-13-1-2-13)18(11-21)5-8-25-12-18/h3,6,9,13H,1-2,4-5,7-8,10-12H2. The summed E-state index contributed by atoms with van der Waals surface area (Å²) in [5.74, 6) is -0.369. The summed E-state index contributed by atoms with van der Waals surface area (Å²) in [4.78, 5) is 32.9. The van der Waals surface area contributed by atoms with Crippen molar-refractivity contribution in [1.29, 1.82) is 0 Å². The Hall–Kier alpha value is -2.02. The van der Waals surface area contributed by atoms with Crippen molar-refractivity contribution in [3.63, 3.8) is 0 Å². The Bertz CT molecular complexity index is 686. The highest BCUT2D eigenvalue weighted by Gasteiger charge is 2.48. The molecule has 2 amide bonds. The van der Waals surface area contributed by atoms with Gasteiger partial charge in [-0.2, -0.15) is 0 Å². The van der Waals surface area contributed by atoms with Crippen LogP contribution in [-0.2, 0) is 9.53 Å². The molecule has 0 N–H and O–H groups in total. The first-order valence-electron chi connectivity index (χ1n) is 8.86. The van der Waals surface area contributed by atoms with Gasteiger partial charge in [-0.05, 0) is 31.2 Å². The topological polar surface area (TPSA) is 62.7 Å². The van der Waals surface area contributed by atoms with Crippen LogP contribution in [0.25, 0.3) is 0 Å². The highest BCUT2D eigenvalue weighted by molar-refractivity contribution is 5.95. The summed E-state index contributed by atoms with van der Waals surface area (Å²) in [6, 6.07) is 1.39. The smallest absolute Gasteiger partial charge is 0.257 e. The average molecular weight is 347 g/mol. The van der Waals surface area contributed by atoms with E-state index in [-0.39, 0.29) is 23.8 Å². The van der Waals surface area contributed by atoms with Crippen LogP contribution in [0.4, 0.5) is 4.39 Å². The minimum Gasteiger partial charge on any atom is -0.379 e. The molecule has 1 spiro atoms. The molecule has 1 aliphatic carbocycles. The first-order chi connectivity index (χ1) is 12.1. The molecule has 7 heteroatoms. The lowest BCUT2D eigenvalue weighted by atomic mass is 9.94. The third-order valence-corrected chi connectivity index (χ3v) is 5.46. The molecule has 1 aromatic rings. The van der Waals surface area contributed by atoms with E-state index >= 15 is 0 Å². The Morgan fingerprint density at radius 1 is 1.44 bits per heavy atom. The quantitative estimate of drug-likeness (QED) is 0.831. The highest BCUT2D eigenvalue weighted by Crippen LogP contribution is 2.37. The molecule has 1 saturated carbocycles. The van der Waals surface area contributed by atoms with Crippen LogP contribution in [0.15, 0.2) is 18.5 Å². The molecule has 4 rings (SSSR count). The number of hydrogen-bond donors (Lipinski definition) is 0. The van der Waals surface area contributed by atoms with Crippen LogP contribution in [0.5, 0.6) is 0 Å². The van der Waals surface area contributed by atoms with Gasteiger partial charge in [-0.3, -0.25) is 14.6 Å². The molecule has 3 fully saturated rings. The lowest BCUT2D eigenvalue weighted by Gasteiger charge is -2.40. The second kappa shape index (κ2) is 6.37. The second-order valence-electron chi connectivity index (χ2n) is 7.31. The minimum absolute atomic E-state index is 0.00663. The van der Waals surface area contributed by atoms with Crippen molar-refractivity contribution in [2.24, 2.45) is 5.92 Å². The largest absolute Gasteiger partial charge is 0.379 e. The number of halogens is 1. The summed E-state index contributed by atoms with van der Waals surface area (Å²) in [5, 5.41) is 0. The van der Waals surface area contributed by atoms with E-state index < -0.39 is 11.4 Å². The average Bonchev–Trinajstić information content (AvgIpc) is 3.34. The van der Waals surface area contributed by atoms with E-state index in [0.29, 0.717) is 38.6 Å². The van der Waals surface area contributed by atoms with Gasteiger partial charge in [0.05, 0.1) is 23.9 Å². The fourth-order valence-electron chi connectivity index (χ4n) is 3.83. The van der Waals surface area contributed by atoms with Gasteiger partial charge in [0, 0.05) is 38.9 Å². The number of rotatable bonds is 3. The Morgan fingerprint density at radius 3 is 2.96 bits per heavy atom. The van der Waals surface area contributed by atoms with Crippen molar-refractivity contribution in [3.05, 3.63) is 29.8 Å². The molecule has 3 aliphatic rings. The van der Waals surface area contributed by atoms with Crippen LogP contribution in [0.3, 0.4) is 0 Å². The van der Waals surface area contributed by atoms with Gasteiger partial charge in [-0.15, -0.1) is 0 Å². The van der Waals surface area contributed by atoms with Gasteiger partial charge < -0.3 is 14.5 Å². The van der Waals surface area contributed by atoms with Gasteiger partial charge in [-0.1, -0.05) is 0 Å². The van der Waals surface area contributed by atoms with Crippen LogP contribution in [-0.4, -0.2) is 65.0 Å². The van der Waals surface area contributed by atoms with Crippen LogP contribution in [0.1, 0.15) is 36.0 Å². The van der Waals surface area contributed by atoms with E-state index in [0.717, 1.165) is 25.6 Å². The Balaban J connectivity index is 1.61. The summed E-state index contributed by atoms with van der Waals surface area (Å²) in [6.07, 6.45) is 5.76. The molecule has 134 valence electrons. The monoisotopic (exact) mass is 347 g/mol. The van der Waals surface area contributed by atoms with Crippen molar-refractivity contribution in [2.75, 3.05) is 32.8 Å². The second-order valence-corrected chi connectivity index (χ2v) is 7.31. The molecule has 1 unspecified atom stereocenters. The Labute approximate surface area is 145 Å². The molecule has 2 saturated heterocycles. The van der Waals surface area contributed by atoms with Crippen molar-refractivity contribution in [2.45, 2.75) is 31.2 Å². The van der Waals surface area contributed by atoms with E-state index in [1.165, 1.54) is 12.3 Å². The molecule has 1 aromatic heterocycles. The molecule has 0 bridgehead atoms. The molecular formula is C18H22FN3O3. The summed E-state index contributed by atoms with van der Waals surface area (Å²) in [5.41, 5.74) is -0.470. The van der Waals surface area contributed by atoms with Crippen molar-refractivity contribution >= 4 is 11.8 Å². The molecule has 0 radical (unpaired) electrons. The number of hydrogen-bond acceptors (Lipinski definition) is 4. The van der Waals surface area contributed by atoms with Crippen molar-refractivity contribution in [1.82, 2.24) is 14.8 Å². The zero-order valence-corrected chi connectivity index (χ0v) is 14.1. The van der Waals surface area contributed by atoms with Gasteiger partial charge >= 0.3 is 0 Å². The number of aromatic nitrogens is 1. The van der Waals surface area contributed by atoms with Gasteiger partial charge in [0.15, 0.2) is 5.82 Å². The molecule has 2 aliphatic heterocycles. The van der Waals surface area contributed by atoms with Gasteiger partial charge in [0.25, 0.3) is 5.91 Å². The SMILES string of the molecule is O=C(c1ccncc1F)N1CCC(=O)N(CC2CC2)C2(CCOC2)C1. The van der Waals surface area contributed by atoms with E-state index in [2.05, 4.69) is 4.98 Å². The predicted octanol–water partition coefficient (Wildman–Crippen LogP) is 1.46. The van der Waals surface area contributed by atoms with Gasteiger partial charge in [-0.25, -0.2) is 4.39 Å². The van der Waals surface area contributed by atoms with E-state index in [9.17, 15) is 14.0 Å². The van der Waals surface area contributed by atoms with E-state index in [1.807, 2.05) is 4.90 Å². The predicted molar refractivity (Wildman–Crippen MR) is 87.3 cm³/mol.